The molecule has 0 aromatic carbocycles. The van der Waals surface area contributed by atoms with Crippen LogP contribution in [0.1, 0.15) is 31.2 Å². The minimum absolute atomic E-state index is 0.0670. The van der Waals surface area contributed by atoms with Gasteiger partial charge in [-0.05, 0) is 54.0 Å². The Morgan fingerprint density at radius 1 is 1.41 bits per heavy atom. The fraction of sp³-hybridized carbons (Fsp3) is 0.706. The van der Waals surface area contributed by atoms with Gasteiger partial charge < -0.3 is 14.4 Å². The monoisotopic (exact) mass is 321 g/mol. The maximum absolute atomic E-state index is 12.7. The average molecular weight is 321 g/mol. The molecule has 22 heavy (non-hydrogen) atoms. The summed E-state index contributed by atoms with van der Waals surface area (Å²) < 4.78 is 12.1. The molecule has 2 saturated heterocycles. The van der Waals surface area contributed by atoms with Gasteiger partial charge in [-0.3, -0.25) is 4.79 Å². The molecular formula is C17H23NO3S. The number of hydrogen-bond acceptors (Lipinski definition) is 4. The van der Waals surface area contributed by atoms with E-state index in [4.69, 9.17) is 9.47 Å². The molecule has 4 rings (SSSR count). The summed E-state index contributed by atoms with van der Waals surface area (Å²) in [6.45, 7) is 2.34. The van der Waals surface area contributed by atoms with Crippen molar-refractivity contribution < 1.29 is 14.3 Å². The summed E-state index contributed by atoms with van der Waals surface area (Å²) in [5.74, 6) is 0.967. The van der Waals surface area contributed by atoms with Crippen LogP contribution in [0, 0.1) is 5.92 Å². The molecule has 0 unspecified atom stereocenters. The Labute approximate surface area is 135 Å². The van der Waals surface area contributed by atoms with E-state index in [2.05, 4.69) is 5.38 Å². The summed E-state index contributed by atoms with van der Waals surface area (Å²) in [6, 6.07) is 2.25. The molecule has 1 saturated carbocycles. The molecule has 120 valence electrons. The molecule has 3 atom stereocenters. The van der Waals surface area contributed by atoms with Crippen LogP contribution in [0.4, 0.5) is 0 Å². The smallest absolute Gasteiger partial charge is 0.227 e. The number of likely N-dealkylation sites (tertiary alicyclic amines) is 1. The lowest BCUT2D eigenvalue weighted by Gasteiger charge is -2.32. The molecule has 1 aromatic heterocycles. The predicted molar refractivity (Wildman–Crippen MR) is 85.0 cm³/mol. The molecule has 3 fully saturated rings. The number of carbonyl (C=O) groups is 1. The van der Waals surface area contributed by atoms with Crippen LogP contribution in [0.3, 0.4) is 0 Å². The van der Waals surface area contributed by atoms with Gasteiger partial charge in [-0.2, -0.15) is 11.3 Å². The number of nitrogens with zero attached hydrogens (tertiary/aromatic N) is 1. The second-order valence-corrected chi connectivity index (χ2v) is 7.49. The molecule has 3 aliphatic rings. The molecule has 5 heteroatoms. The number of fused-ring (bicyclic) bond motifs is 1. The van der Waals surface area contributed by atoms with Crippen molar-refractivity contribution in [3.8, 4) is 0 Å². The van der Waals surface area contributed by atoms with E-state index in [9.17, 15) is 4.79 Å². The zero-order valence-corrected chi connectivity index (χ0v) is 13.6. The number of thiophene rings is 1. The second kappa shape index (κ2) is 6.30. The van der Waals surface area contributed by atoms with Crippen LogP contribution in [0.5, 0.6) is 0 Å². The van der Waals surface area contributed by atoms with Crippen LogP contribution in [-0.4, -0.2) is 48.8 Å². The molecule has 0 spiro atoms. The van der Waals surface area contributed by atoms with Gasteiger partial charge >= 0.3 is 0 Å². The summed E-state index contributed by atoms with van der Waals surface area (Å²) in [4.78, 5) is 14.7. The second-order valence-electron chi connectivity index (χ2n) is 6.71. The molecular weight excluding hydrogens is 298 g/mol. The topological polar surface area (TPSA) is 38.8 Å². The van der Waals surface area contributed by atoms with E-state index in [-0.39, 0.29) is 24.2 Å². The largest absolute Gasteiger partial charge is 0.373 e. The number of hydrogen-bond donors (Lipinski definition) is 0. The van der Waals surface area contributed by atoms with Crippen LogP contribution in [-0.2, 0) is 20.7 Å². The highest BCUT2D eigenvalue weighted by Gasteiger charge is 2.46. The summed E-state index contributed by atoms with van der Waals surface area (Å²) in [7, 11) is 0. The zero-order valence-electron chi connectivity index (χ0n) is 12.8. The third kappa shape index (κ3) is 3.07. The molecule has 2 aliphatic heterocycles. The first-order chi connectivity index (χ1) is 10.8. The normalized spacial score (nSPS) is 31.3. The first-order valence-corrected chi connectivity index (χ1v) is 9.29. The summed E-state index contributed by atoms with van der Waals surface area (Å²) in [5, 5.41) is 4.09. The van der Waals surface area contributed by atoms with Gasteiger partial charge in [-0.25, -0.2) is 0 Å². The SMILES string of the molecule is O=C(Cc1ccsc1)N1C[C@@H](OCC2CC2)[C@@H]2OCCC[C@@H]21. The fourth-order valence-electron chi connectivity index (χ4n) is 3.56. The Balaban J connectivity index is 1.42. The van der Waals surface area contributed by atoms with Crippen LogP contribution < -0.4 is 0 Å². The van der Waals surface area contributed by atoms with Crippen molar-refractivity contribution in [2.75, 3.05) is 19.8 Å². The maximum Gasteiger partial charge on any atom is 0.227 e. The van der Waals surface area contributed by atoms with Gasteiger partial charge in [-0.15, -0.1) is 0 Å². The van der Waals surface area contributed by atoms with E-state index in [1.807, 2.05) is 16.3 Å². The Bertz CT molecular complexity index is 514. The van der Waals surface area contributed by atoms with E-state index in [1.54, 1.807) is 11.3 Å². The molecule has 1 amide bonds. The lowest BCUT2D eigenvalue weighted by Crippen LogP contribution is -2.44. The van der Waals surface area contributed by atoms with Crippen LogP contribution in [0.25, 0.3) is 0 Å². The van der Waals surface area contributed by atoms with Crippen molar-refractivity contribution in [3.63, 3.8) is 0 Å². The van der Waals surface area contributed by atoms with Crippen molar-refractivity contribution in [1.29, 1.82) is 0 Å². The van der Waals surface area contributed by atoms with Gasteiger partial charge in [0.1, 0.15) is 12.2 Å². The predicted octanol–water partition coefficient (Wildman–Crippen LogP) is 2.48. The van der Waals surface area contributed by atoms with Crippen LogP contribution >= 0.6 is 11.3 Å². The zero-order chi connectivity index (χ0) is 14.9. The van der Waals surface area contributed by atoms with E-state index in [0.29, 0.717) is 13.0 Å². The molecule has 0 N–H and O–H groups in total. The van der Waals surface area contributed by atoms with Crippen LogP contribution in [0.15, 0.2) is 16.8 Å². The standard InChI is InChI=1S/C17H23NO3S/c19-16(8-13-5-7-22-11-13)18-9-15(21-10-12-3-4-12)17-14(18)2-1-6-20-17/h5,7,11-12,14-15,17H,1-4,6,8-10H2/t14-,15+,17+/m0/s1. The highest BCUT2D eigenvalue weighted by atomic mass is 32.1. The number of amides is 1. The Morgan fingerprint density at radius 3 is 3.09 bits per heavy atom. The van der Waals surface area contributed by atoms with E-state index >= 15 is 0 Å². The minimum Gasteiger partial charge on any atom is -0.373 e. The van der Waals surface area contributed by atoms with Gasteiger partial charge in [0.15, 0.2) is 0 Å². The summed E-state index contributed by atoms with van der Waals surface area (Å²) in [6.07, 6.45) is 5.32. The van der Waals surface area contributed by atoms with Gasteiger partial charge in [-0.1, -0.05) is 0 Å². The Hall–Kier alpha value is -0.910. The van der Waals surface area contributed by atoms with Gasteiger partial charge in [0, 0.05) is 19.8 Å². The third-order valence-electron chi connectivity index (χ3n) is 4.98. The van der Waals surface area contributed by atoms with Crippen molar-refractivity contribution in [1.82, 2.24) is 4.90 Å². The first kappa shape index (κ1) is 14.7. The summed E-state index contributed by atoms with van der Waals surface area (Å²) in [5.41, 5.74) is 1.12. The van der Waals surface area contributed by atoms with Crippen molar-refractivity contribution >= 4 is 17.2 Å². The van der Waals surface area contributed by atoms with Gasteiger partial charge in [0.25, 0.3) is 0 Å². The molecule has 0 radical (unpaired) electrons. The molecule has 0 bridgehead atoms. The minimum atomic E-state index is 0.0670. The maximum atomic E-state index is 12.7. The average Bonchev–Trinajstić information content (AvgIpc) is 3.08. The highest BCUT2D eigenvalue weighted by molar-refractivity contribution is 7.07. The molecule has 4 nitrogen and oxygen atoms in total. The Morgan fingerprint density at radius 2 is 2.32 bits per heavy atom. The number of carbonyl (C=O) groups excluding carboxylic acids is 1. The fourth-order valence-corrected chi connectivity index (χ4v) is 4.23. The number of rotatable bonds is 5. The summed E-state index contributed by atoms with van der Waals surface area (Å²) >= 11 is 1.65. The lowest BCUT2D eigenvalue weighted by atomic mass is 10.0. The quantitative estimate of drug-likeness (QED) is 0.836. The highest BCUT2D eigenvalue weighted by Crippen LogP contribution is 2.34. The number of ether oxygens (including phenoxy) is 2. The molecule has 1 aliphatic carbocycles. The first-order valence-electron chi connectivity index (χ1n) is 8.35. The Kier molecular flexibility index (Phi) is 4.20. The van der Waals surface area contributed by atoms with Crippen molar-refractivity contribution in [2.24, 2.45) is 5.92 Å². The van der Waals surface area contributed by atoms with Gasteiger partial charge in [0.2, 0.25) is 5.91 Å². The van der Waals surface area contributed by atoms with Crippen LogP contribution in [0.2, 0.25) is 0 Å². The molecule has 1 aromatic rings. The van der Waals surface area contributed by atoms with E-state index in [0.717, 1.165) is 37.5 Å². The molecule has 3 heterocycles. The lowest BCUT2D eigenvalue weighted by molar-refractivity contribution is -0.134. The van der Waals surface area contributed by atoms with E-state index in [1.165, 1.54) is 12.8 Å². The van der Waals surface area contributed by atoms with Crippen molar-refractivity contribution in [2.45, 2.75) is 50.4 Å². The third-order valence-corrected chi connectivity index (χ3v) is 5.71. The van der Waals surface area contributed by atoms with E-state index < -0.39 is 0 Å². The van der Waals surface area contributed by atoms with Gasteiger partial charge in [0.05, 0.1) is 12.5 Å². The van der Waals surface area contributed by atoms with Crippen molar-refractivity contribution in [3.05, 3.63) is 22.4 Å².